The van der Waals surface area contributed by atoms with E-state index in [-0.39, 0.29) is 22.5 Å². The van der Waals surface area contributed by atoms with Crippen LogP contribution in [0.5, 0.6) is 0 Å². The molecule has 0 radical (unpaired) electrons. The van der Waals surface area contributed by atoms with Gasteiger partial charge in [0.1, 0.15) is 0 Å². The van der Waals surface area contributed by atoms with Crippen molar-refractivity contribution in [2.45, 2.75) is 6.92 Å². The Balaban J connectivity index is 0. The maximum atomic E-state index is 11.3. The molecule has 2 heterocycles. The number of aromatic nitrogens is 1. The Labute approximate surface area is 109 Å². The Bertz CT molecular complexity index is 448. The molecule has 2 amide bonds. The van der Waals surface area contributed by atoms with Crippen LogP contribution in [0, 0.1) is 0 Å². The monoisotopic (exact) mass is 271 g/mol. The number of nitrogens with one attached hydrogen (secondary N) is 1. The smallest absolute Gasteiger partial charge is 0.358 e. The van der Waals surface area contributed by atoms with Crippen LogP contribution in [0.2, 0.25) is 0 Å². The first-order chi connectivity index (χ1) is 7.75. The molecule has 0 fully saturated rings. The molecule has 0 spiro atoms. The van der Waals surface area contributed by atoms with Crippen molar-refractivity contribution < 1.29 is 21.2 Å². The van der Waals surface area contributed by atoms with Crippen LogP contribution in [0.1, 0.15) is 12.5 Å². The number of rotatable bonds is 2. The molecule has 0 aliphatic carbocycles. The number of hydrogen-bond acceptors (Lipinski definition) is 4. The van der Waals surface area contributed by atoms with Crippen LogP contribution in [0.4, 0.5) is 4.79 Å². The van der Waals surface area contributed by atoms with Gasteiger partial charge in [-0.05, 0) is 13.0 Å². The van der Waals surface area contributed by atoms with Gasteiger partial charge in [-0.25, -0.2) is 15.2 Å². The first-order valence-electron chi connectivity index (χ1n) is 4.80. The fourth-order valence-corrected chi connectivity index (χ4v) is 1.21. The second-order valence-electron chi connectivity index (χ2n) is 3.35. The molecule has 0 saturated heterocycles. The lowest BCUT2D eigenvalue weighted by Gasteiger charge is -2.20. The Morgan fingerprint density at radius 2 is 2.16 bits per heavy atom. The predicted octanol–water partition coefficient (Wildman–Crippen LogP) is -1.66. The fraction of sp³-hybridized carbons (Fsp3) is 0.200. The molecule has 0 aromatic carbocycles. The number of amides is 2. The third kappa shape index (κ3) is 5.21. The van der Waals surface area contributed by atoms with Gasteiger partial charge in [0.25, 0.3) is 0 Å². The normalized spacial score (nSPS) is 13.6. The summed E-state index contributed by atoms with van der Waals surface area (Å²) < 4.78 is 0. The summed E-state index contributed by atoms with van der Waals surface area (Å²) in [7, 11) is 0. The van der Waals surface area contributed by atoms with Crippen LogP contribution in [0.15, 0.2) is 34.7 Å². The van der Waals surface area contributed by atoms with Crippen molar-refractivity contribution in [1.82, 2.24) is 15.4 Å². The van der Waals surface area contributed by atoms with Gasteiger partial charge >= 0.3 is 6.03 Å². The molecular weight excluding hydrogens is 254 g/mol. The van der Waals surface area contributed by atoms with Crippen molar-refractivity contribution in [2.75, 3.05) is 6.54 Å². The minimum Gasteiger partial charge on any atom is -0.412 e. The first-order valence-corrected chi connectivity index (χ1v) is 4.80. The highest BCUT2D eigenvalue weighted by atomic mass is 16.2. The van der Waals surface area contributed by atoms with E-state index in [2.05, 4.69) is 20.6 Å². The summed E-state index contributed by atoms with van der Waals surface area (Å²) in [5.74, 6) is 0. The van der Waals surface area contributed by atoms with E-state index in [0.717, 1.165) is 11.3 Å². The SMILES string of the molecule is CC1=NNC(=O)N(/N=C/c2cccnc2)C1.O.O.O. The fourth-order valence-electron chi connectivity index (χ4n) is 1.21. The van der Waals surface area contributed by atoms with Crippen molar-refractivity contribution in [3.63, 3.8) is 0 Å². The predicted molar refractivity (Wildman–Crippen MR) is 71.0 cm³/mol. The number of hydrogen-bond donors (Lipinski definition) is 1. The summed E-state index contributed by atoms with van der Waals surface area (Å²) in [4.78, 5) is 15.3. The topological polar surface area (TPSA) is 164 Å². The average Bonchev–Trinajstić information content (AvgIpc) is 2.32. The average molecular weight is 271 g/mol. The Hall–Kier alpha value is -2.36. The van der Waals surface area contributed by atoms with E-state index in [9.17, 15) is 4.79 Å². The molecular formula is C10H17N5O4. The Morgan fingerprint density at radius 3 is 2.79 bits per heavy atom. The zero-order chi connectivity index (χ0) is 11.4. The number of urea groups is 1. The number of nitrogens with zero attached hydrogens (tertiary/aromatic N) is 4. The van der Waals surface area contributed by atoms with Gasteiger partial charge in [0.2, 0.25) is 0 Å². The summed E-state index contributed by atoms with van der Waals surface area (Å²) in [6.07, 6.45) is 4.94. The van der Waals surface area contributed by atoms with Crippen LogP contribution in [-0.2, 0) is 0 Å². The lowest BCUT2D eigenvalue weighted by molar-refractivity contribution is 0.204. The molecule has 0 atom stereocenters. The van der Waals surface area contributed by atoms with E-state index >= 15 is 0 Å². The summed E-state index contributed by atoms with van der Waals surface area (Å²) in [6, 6.07) is 3.34. The van der Waals surface area contributed by atoms with Crippen molar-refractivity contribution in [3.05, 3.63) is 30.1 Å². The van der Waals surface area contributed by atoms with Crippen LogP contribution in [-0.4, -0.2) is 50.9 Å². The van der Waals surface area contributed by atoms with Crippen molar-refractivity contribution >= 4 is 18.0 Å². The van der Waals surface area contributed by atoms with Gasteiger partial charge in [-0.3, -0.25) is 4.98 Å². The van der Waals surface area contributed by atoms with Crippen molar-refractivity contribution in [1.29, 1.82) is 0 Å². The van der Waals surface area contributed by atoms with E-state index in [1.165, 1.54) is 5.01 Å². The molecule has 0 unspecified atom stereocenters. The third-order valence-corrected chi connectivity index (χ3v) is 1.99. The molecule has 1 aliphatic heterocycles. The molecule has 0 bridgehead atoms. The standard InChI is InChI=1S/C10H11N5O.3H2O/c1-8-7-15(10(16)14-13-8)12-6-9-3-2-4-11-5-9;;;/h2-6H,7H2,1H3,(H,14,16);3*1H2/b12-6+;;;. The van der Waals surface area contributed by atoms with E-state index in [0.29, 0.717) is 6.54 Å². The third-order valence-electron chi connectivity index (χ3n) is 1.99. The zero-order valence-corrected chi connectivity index (χ0v) is 10.3. The van der Waals surface area contributed by atoms with E-state index in [1.807, 2.05) is 19.1 Å². The summed E-state index contributed by atoms with van der Waals surface area (Å²) in [5, 5.41) is 9.18. The molecule has 19 heavy (non-hydrogen) atoms. The van der Waals surface area contributed by atoms with Crippen LogP contribution >= 0.6 is 0 Å². The molecule has 9 nitrogen and oxygen atoms in total. The highest BCUT2D eigenvalue weighted by molar-refractivity contribution is 5.92. The molecule has 1 aromatic heterocycles. The maximum absolute atomic E-state index is 11.3. The van der Waals surface area contributed by atoms with Crippen molar-refractivity contribution in [3.8, 4) is 0 Å². The molecule has 1 aromatic rings. The first kappa shape index (κ1) is 19.0. The maximum Gasteiger partial charge on any atom is 0.358 e. The van der Waals surface area contributed by atoms with E-state index in [4.69, 9.17) is 0 Å². The van der Waals surface area contributed by atoms with Gasteiger partial charge < -0.3 is 16.4 Å². The van der Waals surface area contributed by atoms with E-state index in [1.54, 1.807) is 18.6 Å². The second kappa shape index (κ2) is 8.69. The highest BCUT2D eigenvalue weighted by Gasteiger charge is 2.16. The van der Waals surface area contributed by atoms with Gasteiger partial charge in [0.15, 0.2) is 0 Å². The number of pyridine rings is 1. The van der Waals surface area contributed by atoms with Gasteiger partial charge in [-0.15, -0.1) is 0 Å². The van der Waals surface area contributed by atoms with Crippen molar-refractivity contribution in [2.24, 2.45) is 10.2 Å². The lowest BCUT2D eigenvalue weighted by atomic mass is 10.3. The van der Waals surface area contributed by atoms with Gasteiger partial charge in [0.05, 0.1) is 18.5 Å². The van der Waals surface area contributed by atoms with Crippen LogP contribution < -0.4 is 5.43 Å². The quantitative estimate of drug-likeness (QED) is 0.637. The molecule has 9 heteroatoms. The number of carbonyl (C=O) groups excluding carboxylic acids is 1. The van der Waals surface area contributed by atoms with Gasteiger partial charge in [0, 0.05) is 18.0 Å². The lowest BCUT2D eigenvalue weighted by Crippen LogP contribution is -2.42. The molecule has 106 valence electrons. The molecule has 0 saturated carbocycles. The highest BCUT2D eigenvalue weighted by Crippen LogP contribution is 1.99. The zero-order valence-electron chi connectivity index (χ0n) is 10.3. The second-order valence-corrected chi connectivity index (χ2v) is 3.35. The largest absolute Gasteiger partial charge is 0.412 e. The van der Waals surface area contributed by atoms with Gasteiger partial charge in [-0.2, -0.15) is 10.2 Å². The number of hydrazone groups is 2. The molecule has 2 rings (SSSR count). The Kier molecular flexibility index (Phi) is 8.69. The minimum absolute atomic E-state index is 0. The molecule has 7 N–H and O–H groups in total. The van der Waals surface area contributed by atoms with Crippen LogP contribution in [0.25, 0.3) is 0 Å². The summed E-state index contributed by atoms with van der Waals surface area (Å²) in [6.45, 7) is 2.23. The van der Waals surface area contributed by atoms with Gasteiger partial charge in [-0.1, -0.05) is 6.07 Å². The summed E-state index contributed by atoms with van der Waals surface area (Å²) >= 11 is 0. The van der Waals surface area contributed by atoms with Crippen LogP contribution in [0.3, 0.4) is 0 Å². The molecule has 1 aliphatic rings. The number of carbonyl (C=O) groups is 1. The Morgan fingerprint density at radius 1 is 1.42 bits per heavy atom. The minimum atomic E-state index is -0.328. The van der Waals surface area contributed by atoms with E-state index < -0.39 is 0 Å². The summed E-state index contributed by atoms with van der Waals surface area (Å²) in [5.41, 5.74) is 4.02.